The van der Waals surface area contributed by atoms with Gasteiger partial charge in [-0.25, -0.2) is 9.48 Å². The van der Waals surface area contributed by atoms with Crippen LogP contribution in [0.5, 0.6) is 5.75 Å². The van der Waals surface area contributed by atoms with E-state index in [0.29, 0.717) is 24.9 Å². The Balaban J connectivity index is 1.46. The van der Waals surface area contributed by atoms with Crippen LogP contribution in [0.15, 0.2) is 42.7 Å². The van der Waals surface area contributed by atoms with Crippen molar-refractivity contribution in [1.82, 2.24) is 14.7 Å². The molecule has 1 aliphatic carbocycles. The molecule has 1 saturated carbocycles. The monoisotopic (exact) mass is 313 g/mol. The van der Waals surface area contributed by atoms with Gasteiger partial charge in [-0.2, -0.15) is 5.10 Å². The van der Waals surface area contributed by atoms with Crippen molar-refractivity contribution in [3.05, 3.63) is 42.7 Å². The van der Waals surface area contributed by atoms with E-state index < -0.39 is 6.09 Å². The lowest BCUT2D eigenvalue weighted by molar-refractivity contribution is 0.144. The van der Waals surface area contributed by atoms with Crippen LogP contribution in [0.2, 0.25) is 0 Å². The summed E-state index contributed by atoms with van der Waals surface area (Å²) in [5.41, 5.74) is 0.932. The maximum absolute atomic E-state index is 11.1. The van der Waals surface area contributed by atoms with Crippen molar-refractivity contribution in [3.8, 4) is 11.4 Å². The number of aromatic nitrogens is 2. The molecule has 2 heterocycles. The highest BCUT2D eigenvalue weighted by molar-refractivity contribution is 5.65. The Hall–Kier alpha value is -2.50. The molecule has 1 saturated heterocycles. The molecule has 6 heteroatoms. The lowest BCUT2D eigenvalue weighted by Crippen LogP contribution is -2.29. The summed E-state index contributed by atoms with van der Waals surface area (Å²) >= 11 is 0. The minimum absolute atomic E-state index is 0.151. The number of para-hydroxylation sites is 2. The summed E-state index contributed by atoms with van der Waals surface area (Å²) in [7, 11) is 0. The third kappa shape index (κ3) is 2.65. The molecule has 1 N–H and O–H groups in total. The van der Waals surface area contributed by atoms with Crippen molar-refractivity contribution in [2.45, 2.75) is 18.9 Å². The van der Waals surface area contributed by atoms with Gasteiger partial charge in [-0.1, -0.05) is 12.1 Å². The summed E-state index contributed by atoms with van der Waals surface area (Å²) < 4.78 is 8.04. The Kier molecular flexibility index (Phi) is 3.44. The molecule has 23 heavy (non-hydrogen) atoms. The molecular formula is C17H19N3O3. The highest BCUT2D eigenvalue weighted by atomic mass is 16.5. The predicted molar refractivity (Wildman–Crippen MR) is 83.8 cm³/mol. The van der Waals surface area contributed by atoms with Gasteiger partial charge in [-0.05, 0) is 42.9 Å². The summed E-state index contributed by atoms with van der Waals surface area (Å²) in [5, 5.41) is 13.4. The molecule has 1 aromatic carbocycles. The van der Waals surface area contributed by atoms with Crippen molar-refractivity contribution < 1.29 is 14.6 Å². The van der Waals surface area contributed by atoms with E-state index >= 15 is 0 Å². The summed E-state index contributed by atoms with van der Waals surface area (Å²) in [4.78, 5) is 12.6. The van der Waals surface area contributed by atoms with Crippen LogP contribution in [0.4, 0.5) is 4.79 Å². The molecule has 0 radical (unpaired) electrons. The van der Waals surface area contributed by atoms with Gasteiger partial charge in [-0.3, -0.25) is 0 Å². The zero-order valence-electron chi connectivity index (χ0n) is 12.7. The first kappa shape index (κ1) is 14.1. The zero-order valence-corrected chi connectivity index (χ0v) is 12.7. The van der Waals surface area contributed by atoms with Gasteiger partial charge in [0.2, 0.25) is 0 Å². The smallest absolute Gasteiger partial charge is 0.407 e. The normalized spacial score (nSPS) is 23.9. The number of hydrogen-bond acceptors (Lipinski definition) is 3. The molecule has 1 aliphatic heterocycles. The summed E-state index contributed by atoms with van der Waals surface area (Å²) in [6, 6.07) is 9.78. The maximum Gasteiger partial charge on any atom is 0.407 e. The molecule has 120 valence electrons. The number of rotatable bonds is 3. The minimum atomic E-state index is -0.805. The molecule has 2 aromatic rings. The first-order valence-electron chi connectivity index (χ1n) is 7.94. The standard InChI is InChI=1S/C17H19N3O3/c21-17(22)19-10-12-8-14(9-13(12)11-19)23-16-5-2-1-4-15(16)20-7-3-6-18-20/h1-7,12-14H,8-11H2,(H,21,22)/t12-,13-/m1/s1. The number of benzene rings is 1. The second-order valence-corrected chi connectivity index (χ2v) is 6.34. The SMILES string of the molecule is O=C(O)N1C[C@H]2CC(Oc3ccccc3-n3cccn3)C[C@@H]2C1. The average molecular weight is 313 g/mol. The molecule has 6 nitrogen and oxygen atoms in total. The van der Waals surface area contributed by atoms with Crippen LogP contribution in [0.25, 0.3) is 5.69 Å². The van der Waals surface area contributed by atoms with Crippen LogP contribution in [-0.2, 0) is 0 Å². The highest BCUT2D eigenvalue weighted by Gasteiger charge is 2.43. The highest BCUT2D eigenvalue weighted by Crippen LogP contribution is 2.40. The van der Waals surface area contributed by atoms with Crippen molar-refractivity contribution in [3.63, 3.8) is 0 Å². The Morgan fingerprint density at radius 2 is 1.91 bits per heavy atom. The van der Waals surface area contributed by atoms with Crippen LogP contribution >= 0.6 is 0 Å². The van der Waals surface area contributed by atoms with Crippen LogP contribution in [0.1, 0.15) is 12.8 Å². The molecule has 1 amide bonds. The molecular weight excluding hydrogens is 294 g/mol. The topological polar surface area (TPSA) is 67.6 Å². The van der Waals surface area contributed by atoms with E-state index in [4.69, 9.17) is 9.84 Å². The van der Waals surface area contributed by atoms with Crippen molar-refractivity contribution >= 4 is 6.09 Å². The number of amides is 1. The Bertz CT molecular complexity index is 687. The second-order valence-electron chi connectivity index (χ2n) is 6.34. The fraction of sp³-hybridized carbons (Fsp3) is 0.412. The van der Waals surface area contributed by atoms with Crippen molar-refractivity contribution in [2.24, 2.45) is 11.8 Å². The third-order valence-electron chi connectivity index (χ3n) is 4.89. The van der Waals surface area contributed by atoms with Crippen molar-refractivity contribution in [1.29, 1.82) is 0 Å². The second kappa shape index (κ2) is 5.61. The van der Waals surface area contributed by atoms with E-state index in [1.165, 1.54) is 4.90 Å². The van der Waals surface area contributed by atoms with Gasteiger partial charge in [0.15, 0.2) is 0 Å². The molecule has 1 aromatic heterocycles. The lowest BCUT2D eigenvalue weighted by atomic mass is 10.0. The Morgan fingerprint density at radius 1 is 1.17 bits per heavy atom. The van der Waals surface area contributed by atoms with E-state index in [1.54, 1.807) is 10.9 Å². The first-order valence-corrected chi connectivity index (χ1v) is 7.94. The number of ether oxygens (including phenoxy) is 1. The van der Waals surface area contributed by atoms with Gasteiger partial charge in [0.25, 0.3) is 0 Å². The van der Waals surface area contributed by atoms with E-state index in [2.05, 4.69) is 5.10 Å². The van der Waals surface area contributed by atoms with Gasteiger partial charge >= 0.3 is 6.09 Å². The lowest BCUT2D eigenvalue weighted by Gasteiger charge is -2.19. The summed E-state index contributed by atoms with van der Waals surface area (Å²) in [6.45, 7) is 1.28. The molecule has 0 bridgehead atoms. The third-order valence-corrected chi connectivity index (χ3v) is 4.89. The van der Waals surface area contributed by atoms with Gasteiger partial charge in [0.1, 0.15) is 11.4 Å². The fourth-order valence-corrected chi connectivity index (χ4v) is 3.83. The minimum Gasteiger partial charge on any atom is -0.488 e. The number of carbonyl (C=O) groups is 1. The van der Waals surface area contributed by atoms with Crippen LogP contribution < -0.4 is 4.74 Å². The van der Waals surface area contributed by atoms with Gasteiger partial charge in [0, 0.05) is 25.5 Å². The number of carboxylic acid groups (broad SMARTS) is 1. The van der Waals surface area contributed by atoms with Crippen molar-refractivity contribution in [2.75, 3.05) is 13.1 Å². The van der Waals surface area contributed by atoms with Crippen LogP contribution in [0.3, 0.4) is 0 Å². The summed E-state index contributed by atoms with van der Waals surface area (Å²) in [6.07, 6.45) is 4.83. The van der Waals surface area contributed by atoms with Crippen LogP contribution in [0, 0.1) is 11.8 Å². The number of fused-ring (bicyclic) bond motifs is 1. The Morgan fingerprint density at radius 3 is 2.57 bits per heavy atom. The first-order chi connectivity index (χ1) is 11.2. The molecule has 2 atom stereocenters. The molecule has 0 spiro atoms. The quantitative estimate of drug-likeness (QED) is 0.946. The molecule has 4 rings (SSSR count). The van der Waals surface area contributed by atoms with Gasteiger partial charge < -0.3 is 14.7 Å². The summed E-state index contributed by atoms with van der Waals surface area (Å²) in [5.74, 6) is 1.68. The van der Waals surface area contributed by atoms with Crippen LogP contribution in [-0.4, -0.2) is 45.1 Å². The van der Waals surface area contributed by atoms with Gasteiger partial charge in [-0.15, -0.1) is 0 Å². The number of nitrogens with zero attached hydrogens (tertiary/aromatic N) is 3. The maximum atomic E-state index is 11.1. The van der Waals surface area contributed by atoms with Gasteiger partial charge in [0.05, 0.1) is 6.10 Å². The molecule has 0 unspecified atom stereocenters. The Labute approximate surface area is 134 Å². The fourth-order valence-electron chi connectivity index (χ4n) is 3.83. The van der Waals surface area contributed by atoms with E-state index in [0.717, 1.165) is 24.3 Å². The predicted octanol–water partition coefficient (Wildman–Crippen LogP) is 2.64. The van der Waals surface area contributed by atoms with E-state index in [-0.39, 0.29) is 6.10 Å². The molecule has 2 fully saturated rings. The number of hydrogen-bond donors (Lipinski definition) is 1. The average Bonchev–Trinajstić information content (AvgIpc) is 3.23. The van der Waals surface area contributed by atoms with E-state index in [9.17, 15) is 4.79 Å². The largest absolute Gasteiger partial charge is 0.488 e. The number of likely N-dealkylation sites (tertiary alicyclic amines) is 1. The molecule has 2 aliphatic rings. The van der Waals surface area contributed by atoms with E-state index in [1.807, 2.05) is 36.5 Å². The zero-order chi connectivity index (χ0) is 15.8.